The fourth-order valence-corrected chi connectivity index (χ4v) is 10.5. The Kier molecular flexibility index (Phi) is 7.24. The van der Waals surface area contributed by atoms with Crippen LogP contribution in [0.15, 0.2) is 78.2 Å². The fourth-order valence-electron chi connectivity index (χ4n) is 5.01. The van der Waals surface area contributed by atoms with Crippen molar-refractivity contribution in [2.75, 3.05) is 6.61 Å². The Bertz CT molecular complexity index is 964. The van der Waals surface area contributed by atoms with Gasteiger partial charge in [-0.3, -0.25) is 0 Å². The maximum Gasteiger partial charge on any atom is 0.261 e. The van der Waals surface area contributed by atoms with Crippen LogP contribution in [0, 0.1) is 5.92 Å². The molecule has 176 valence electrons. The molecule has 6 heteroatoms. The molecule has 0 spiro atoms. The molecule has 0 aliphatic carbocycles. The number of benzene rings is 2. The number of rotatable bonds is 6. The summed E-state index contributed by atoms with van der Waals surface area (Å²) >= 11 is 1.59. The molecule has 2 unspecified atom stereocenters. The minimum Gasteiger partial charge on any atom is -0.399 e. The molecule has 1 aliphatic heterocycles. The van der Waals surface area contributed by atoms with Gasteiger partial charge in [-0.25, -0.2) is 0 Å². The van der Waals surface area contributed by atoms with E-state index < -0.39 is 32.7 Å². The average Bonchev–Trinajstić information content (AvgIpc) is 3.35. The quantitative estimate of drug-likeness (QED) is 0.519. The molecular formula is C27H34O4SSi. The molecule has 3 aromatic rings. The molecule has 2 N–H and O–H groups in total. The fraction of sp³-hybridized carbons (Fsp3) is 0.407. The van der Waals surface area contributed by atoms with Gasteiger partial charge in [-0.05, 0) is 26.9 Å². The SMILES string of the molecule is CC1[C@H](O)C(O[Si](c2ccccc2)(c2ccccc2)C(C)(C)C)[C@H](c2cccs2)O[C@@H]1CO. The first-order chi connectivity index (χ1) is 15.8. The van der Waals surface area contributed by atoms with Crippen molar-refractivity contribution >= 4 is 30.0 Å². The average molecular weight is 483 g/mol. The molecule has 2 aromatic carbocycles. The Morgan fingerprint density at radius 3 is 1.97 bits per heavy atom. The van der Waals surface area contributed by atoms with Crippen LogP contribution in [0.4, 0.5) is 0 Å². The van der Waals surface area contributed by atoms with E-state index in [0.29, 0.717) is 0 Å². The van der Waals surface area contributed by atoms with E-state index in [-0.39, 0.29) is 17.6 Å². The lowest BCUT2D eigenvalue weighted by Crippen LogP contribution is -2.70. The van der Waals surface area contributed by atoms with Crippen LogP contribution in [-0.2, 0) is 9.16 Å². The maximum absolute atomic E-state index is 11.5. The van der Waals surface area contributed by atoms with Gasteiger partial charge in [0.25, 0.3) is 8.32 Å². The lowest BCUT2D eigenvalue weighted by Gasteiger charge is -2.50. The molecule has 1 aliphatic rings. The summed E-state index contributed by atoms with van der Waals surface area (Å²) in [5.74, 6) is -0.255. The summed E-state index contributed by atoms with van der Waals surface area (Å²) in [6.45, 7) is 8.49. The summed E-state index contributed by atoms with van der Waals surface area (Å²) in [5, 5.41) is 25.6. The largest absolute Gasteiger partial charge is 0.399 e. The van der Waals surface area contributed by atoms with Crippen LogP contribution in [0.25, 0.3) is 0 Å². The second-order valence-corrected chi connectivity index (χ2v) is 15.1. The third-order valence-corrected chi connectivity index (χ3v) is 12.8. The second kappa shape index (κ2) is 9.82. The van der Waals surface area contributed by atoms with E-state index in [1.54, 1.807) is 11.3 Å². The monoisotopic (exact) mass is 482 g/mol. The van der Waals surface area contributed by atoms with E-state index in [1.165, 1.54) is 0 Å². The predicted octanol–water partition coefficient (Wildman–Crippen LogP) is 4.12. The molecule has 0 saturated carbocycles. The molecule has 1 saturated heterocycles. The summed E-state index contributed by atoms with van der Waals surface area (Å²) in [6.07, 6.45) is -2.22. The Balaban J connectivity index is 1.89. The zero-order valence-electron chi connectivity index (χ0n) is 19.7. The van der Waals surface area contributed by atoms with Gasteiger partial charge in [-0.15, -0.1) is 11.3 Å². The van der Waals surface area contributed by atoms with Gasteiger partial charge in [0, 0.05) is 10.8 Å². The molecule has 5 atom stereocenters. The van der Waals surface area contributed by atoms with Crippen molar-refractivity contribution in [3.63, 3.8) is 0 Å². The molecule has 33 heavy (non-hydrogen) atoms. The smallest absolute Gasteiger partial charge is 0.261 e. The van der Waals surface area contributed by atoms with Crippen LogP contribution in [-0.4, -0.2) is 43.4 Å². The van der Waals surface area contributed by atoms with Crippen molar-refractivity contribution in [3.05, 3.63) is 83.1 Å². The number of aliphatic hydroxyl groups excluding tert-OH is 2. The zero-order chi connectivity index (χ0) is 23.6. The molecule has 0 amide bonds. The normalized spacial score (nSPS) is 26.3. The minimum absolute atomic E-state index is 0.133. The first-order valence-corrected chi connectivity index (χ1v) is 14.3. The van der Waals surface area contributed by atoms with Gasteiger partial charge in [0.05, 0.1) is 18.8 Å². The Morgan fingerprint density at radius 2 is 1.52 bits per heavy atom. The number of hydrogen-bond acceptors (Lipinski definition) is 5. The topological polar surface area (TPSA) is 58.9 Å². The zero-order valence-corrected chi connectivity index (χ0v) is 21.5. The van der Waals surface area contributed by atoms with Gasteiger partial charge in [-0.1, -0.05) is 94.4 Å². The highest BCUT2D eigenvalue weighted by atomic mass is 32.1. The van der Waals surface area contributed by atoms with Gasteiger partial charge < -0.3 is 19.4 Å². The second-order valence-electron chi connectivity index (χ2n) is 9.89. The van der Waals surface area contributed by atoms with Crippen molar-refractivity contribution < 1.29 is 19.4 Å². The van der Waals surface area contributed by atoms with Gasteiger partial charge in [0.2, 0.25) is 0 Å². The molecule has 4 nitrogen and oxygen atoms in total. The number of hydrogen-bond donors (Lipinski definition) is 2. The van der Waals surface area contributed by atoms with Crippen LogP contribution in [0.2, 0.25) is 5.04 Å². The van der Waals surface area contributed by atoms with Crippen molar-refractivity contribution in [2.24, 2.45) is 5.92 Å². The number of aliphatic hydroxyl groups is 2. The van der Waals surface area contributed by atoms with Gasteiger partial charge in [0.1, 0.15) is 12.2 Å². The lowest BCUT2D eigenvalue weighted by molar-refractivity contribution is -0.200. The first kappa shape index (κ1) is 24.3. The van der Waals surface area contributed by atoms with Gasteiger partial charge >= 0.3 is 0 Å². The molecule has 0 radical (unpaired) electrons. The van der Waals surface area contributed by atoms with E-state index >= 15 is 0 Å². The lowest BCUT2D eigenvalue weighted by atomic mass is 9.88. The summed E-state index contributed by atoms with van der Waals surface area (Å²) < 4.78 is 13.7. The molecule has 1 fully saturated rings. The van der Waals surface area contributed by atoms with Crippen LogP contribution >= 0.6 is 11.3 Å². The third-order valence-electron chi connectivity index (χ3n) is 6.81. The predicted molar refractivity (Wildman–Crippen MR) is 137 cm³/mol. The minimum atomic E-state index is -2.89. The maximum atomic E-state index is 11.5. The Hall–Kier alpha value is -1.80. The van der Waals surface area contributed by atoms with E-state index in [9.17, 15) is 10.2 Å². The van der Waals surface area contributed by atoms with Crippen LogP contribution in [0.1, 0.15) is 38.7 Å². The summed E-state index contributed by atoms with van der Waals surface area (Å²) in [7, 11) is -2.89. The summed E-state index contributed by atoms with van der Waals surface area (Å²) in [5.41, 5.74) is 0. The van der Waals surface area contributed by atoms with Crippen LogP contribution < -0.4 is 10.4 Å². The van der Waals surface area contributed by atoms with E-state index in [1.807, 2.05) is 36.6 Å². The molecule has 1 aromatic heterocycles. The van der Waals surface area contributed by atoms with Crippen molar-refractivity contribution in [3.8, 4) is 0 Å². The van der Waals surface area contributed by atoms with Crippen molar-refractivity contribution in [1.29, 1.82) is 0 Å². The highest BCUT2D eigenvalue weighted by molar-refractivity contribution is 7.10. The number of thiophene rings is 1. The van der Waals surface area contributed by atoms with Crippen LogP contribution in [0.5, 0.6) is 0 Å². The highest BCUT2D eigenvalue weighted by Gasteiger charge is 2.55. The van der Waals surface area contributed by atoms with Crippen LogP contribution in [0.3, 0.4) is 0 Å². The number of ether oxygens (including phenoxy) is 1. The van der Waals surface area contributed by atoms with Crippen molar-refractivity contribution in [1.82, 2.24) is 0 Å². The Morgan fingerprint density at radius 1 is 0.939 bits per heavy atom. The Labute approximate surface area is 202 Å². The molecule has 0 bridgehead atoms. The van der Waals surface area contributed by atoms with E-state index in [2.05, 4.69) is 69.3 Å². The summed E-state index contributed by atoms with van der Waals surface area (Å²) in [6, 6.07) is 24.9. The van der Waals surface area contributed by atoms with Crippen molar-refractivity contribution in [2.45, 2.75) is 57.1 Å². The standard InChI is InChI=1S/C27H34O4SSi/c1-19-22(18-28)30-25(23-16-11-17-32-23)26(24(19)29)31-33(27(2,3)4,20-12-7-5-8-13-20)21-14-9-6-10-15-21/h5-17,19,22,24-26,28-29H,18H2,1-4H3/t19?,22-,24+,25+,26?/m1/s1. The summed E-state index contributed by atoms with van der Waals surface area (Å²) in [4.78, 5) is 1.00. The van der Waals surface area contributed by atoms with Gasteiger partial charge in [0.15, 0.2) is 0 Å². The molecular weight excluding hydrogens is 448 g/mol. The first-order valence-electron chi connectivity index (χ1n) is 11.6. The highest BCUT2D eigenvalue weighted by Crippen LogP contribution is 2.44. The van der Waals surface area contributed by atoms with E-state index in [0.717, 1.165) is 15.3 Å². The molecule has 4 rings (SSSR count). The van der Waals surface area contributed by atoms with E-state index in [4.69, 9.17) is 9.16 Å². The van der Waals surface area contributed by atoms with Gasteiger partial charge in [-0.2, -0.15) is 0 Å². The third kappa shape index (κ3) is 4.48. The molecule has 2 heterocycles.